The minimum atomic E-state index is 0.623. The summed E-state index contributed by atoms with van der Waals surface area (Å²) in [6.07, 6.45) is 10.5. The predicted molar refractivity (Wildman–Crippen MR) is 87.2 cm³/mol. The SMILES string of the molecule is CC[C@H]1CC[C@H](c2cnc(-c3ccc(C#N)cc3)nc2)CC1. The Labute approximate surface area is 132 Å². The van der Waals surface area contributed by atoms with Crippen LogP contribution in [0.25, 0.3) is 11.4 Å². The van der Waals surface area contributed by atoms with Gasteiger partial charge in [0.05, 0.1) is 11.6 Å². The fourth-order valence-electron chi connectivity index (χ4n) is 3.30. The third-order valence-electron chi connectivity index (χ3n) is 4.84. The van der Waals surface area contributed by atoms with E-state index in [1.54, 1.807) is 12.1 Å². The van der Waals surface area contributed by atoms with Crippen molar-refractivity contribution < 1.29 is 0 Å². The largest absolute Gasteiger partial charge is 0.236 e. The summed E-state index contributed by atoms with van der Waals surface area (Å²) < 4.78 is 0. The highest BCUT2D eigenvalue weighted by molar-refractivity contribution is 5.56. The Morgan fingerprint density at radius 2 is 1.68 bits per heavy atom. The molecule has 1 aromatic heterocycles. The number of hydrogen-bond donors (Lipinski definition) is 0. The van der Waals surface area contributed by atoms with Crippen LogP contribution in [0.2, 0.25) is 0 Å². The Balaban J connectivity index is 1.71. The summed E-state index contributed by atoms with van der Waals surface area (Å²) in [6.45, 7) is 2.29. The third kappa shape index (κ3) is 3.17. The van der Waals surface area contributed by atoms with E-state index in [0.717, 1.165) is 17.3 Å². The molecule has 1 heterocycles. The van der Waals surface area contributed by atoms with Gasteiger partial charge >= 0.3 is 0 Å². The second kappa shape index (κ2) is 6.70. The second-order valence-electron chi connectivity index (χ2n) is 6.16. The zero-order valence-corrected chi connectivity index (χ0v) is 13.0. The highest BCUT2D eigenvalue weighted by Gasteiger charge is 2.21. The Hall–Kier alpha value is -2.21. The predicted octanol–water partition coefficient (Wildman–Crippen LogP) is 4.70. The van der Waals surface area contributed by atoms with Crippen LogP contribution in [0, 0.1) is 17.2 Å². The lowest BCUT2D eigenvalue weighted by Crippen LogP contribution is -2.13. The molecule has 0 N–H and O–H groups in total. The molecule has 1 saturated carbocycles. The lowest BCUT2D eigenvalue weighted by Gasteiger charge is -2.27. The van der Waals surface area contributed by atoms with E-state index in [4.69, 9.17) is 5.26 Å². The van der Waals surface area contributed by atoms with Crippen molar-refractivity contribution >= 4 is 0 Å². The van der Waals surface area contributed by atoms with E-state index in [1.165, 1.54) is 37.7 Å². The van der Waals surface area contributed by atoms with Crippen LogP contribution in [-0.4, -0.2) is 9.97 Å². The van der Waals surface area contributed by atoms with Gasteiger partial charge in [-0.2, -0.15) is 5.26 Å². The summed E-state index contributed by atoms with van der Waals surface area (Å²) in [6, 6.07) is 9.54. The minimum Gasteiger partial charge on any atom is -0.236 e. The van der Waals surface area contributed by atoms with Gasteiger partial charge in [-0.3, -0.25) is 0 Å². The van der Waals surface area contributed by atoms with Crippen molar-refractivity contribution in [3.8, 4) is 17.5 Å². The van der Waals surface area contributed by atoms with E-state index in [9.17, 15) is 0 Å². The zero-order valence-electron chi connectivity index (χ0n) is 13.0. The first-order valence-corrected chi connectivity index (χ1v) is 8.12. The monoisotopic (exact) mass is 291 g/mol. The van der Waals surface area contributed by atoms with E-state index < -0.39 is 0 Å². The third-order valence-corrected chi connectivity index (χ3v) is 4.84. The Morgan fingerprint density at radius 1 is 1.05 bits per heavy atom. The molecule has 3 heteroatoms. The smallest absolute Gasteiger partial charge is 0.159 e. The molecule has 2 aromatic rings. The maximum Gasteiger partial charge on any atom is 0.159 e. The summed E-state index contributed by atoms with van der Waals surface area (Å²) in [4.78, 5) is 9.05. The van der Waals surface area contributed by atoms with Crippen LogP contribution in [0.15, 0.2) is 36.7 Å². The highest BCUT2D eigenvalue weighted by atomic mass is 14.9. The van der Waals surface area contributed by atoms with Gasteiger partial charge in [-0.1, -0.05) is 13.3 Å². The highest BCUT2D eigenvalue weighted by Crippen LogP contribution is 2.36. The van der Waals surface area contributed by atoms with Crippen molar-refractivity contribution in [2.45, 2.75) is 44.9 Å². The van der Waals surface area contributed by atoms with E-state index >= 15 is 0 Å². The van der Waals surface area contributed by atoms with Crippen LogP contribution in [0.5, 0.6) is 0 Å². The lowest BCUT2D eigenvalue weighted by molar-refractivity contribution is 0.318. The first-order chi connectivity index (χ1) is 10.8. The number of benzene rings is 1. The molecule has 0 aliphatic heterocycles. The van der Waals surface area contributed by atoms with Gasteiger partial charge in [-0.15, -0.1) is 0 Å². The van der Waals surface area contributed by atoms with Crippen LogP contribution < -0.4 is 0 Å². The maximum atomic E-state index is 8.83. The summed E-state index contributed by atoms with van der Waals surface area (Å²) in [7, 11) is 0. The van der Waals surface area contributed by atoms with Gasteiger partial charge in [0.25, 0.3) is 0 Å². The molecule has 3 rings (SSSR count). The molecule has 1 aliphatic carbocycles. The van der Waals surface area contributed by atoms with Crippen LogP contribution in [0.1, 0.15) is 56.1 Å². The molecule has 22 heavy (non-hydrogen) atoms. The number of nitrogens with zero attached hydrogens (tertiary/aromatic N) is 3. The van der Waals surface area contributed by atoms with Crippen molar-refractivity contribution in [1.82, 2.24) is 9.97 Å². The van der Waals surface area contributed by atoms with Gasteiger partial charge in [0, 0.05) is 18.0 Å². The van der Waals surface area contributed by atoms with E-state index in [2.05, 4.69) is 23.0 Å². The average Bonchev–Trinajstić information content (AvgIpc) is 2.62. The summed E-state index contributed by atoms with van der Waals surface area (Å²) in [5.41, 5.74) is 2.89. The number of rotatable bonds is 3. The number of aromatic nitrogens is 2. The van der Waals surface area contributed by atoms with Gasteiger partial charge in [0.15, 0.2) is 5.82 Å². The number of nitriles is 1. The molecule has 0 bridgehead atoms. The molecule has 1 aliphatic rings. The van der Waals surface area contributed by atoms with E-state index in [0.29, 0.717) is 11.5 Å². The van der Waals surface area contributed by atoms with Crippen molar-refractivity contribution in [1.29, 1.82) is 5.26 Å². The maximum absolute atomic E-state index is 8.83. The molecule has 1 fully saturated rings. The van der Waals surface area contributed by atoms with Gasteiger partial charge in [0.2, 0.25) is 0 Å². The van der Waals surface area contributed by atoms with Crippen LogP contribution >= 0.6 is 0 Å². The Kier molecular flexibility index (Phi) is 4.48. The molecule has 0 radical (unpaired) electrons. The van der Waals surface area contributed by atoms with Crippen molar-refractivity contribution in [2.24, 2.45) is 5.92 Å². The topological polar surface area (TPSA) is 49.6 Å². The molecule has 3 nitrogen and oxygen atoms in total. The normalized spacial score (nSPS) is 21.3. The lowest BCUT2D eigenvalue weighted by atomic mass is 9.78. The fraction of sp³-hybridized carbons (Fsp3) is 0.421. The summed E-state index contributed by atoms with van der Waals surface area (Å²) >= 11 is 0. The standard InChI is InChI=1S/C19H21N3/c1-2-14-3-7-16(8-4-14)18-12-21-19(22-13-18)17-9-5-15(11-20)6-10-17/h5-6,9-10,12-14,16H,2-4,7-8H2,1H3/t14-,16-. The fourth-order valence-corrected chi connectivity index (χ4v) is 3.30. The van der Waals surface area contributed by atoms with Crippen LogP contribution in [0.4, 0.5) is 0 Å². The second-order valence-corrected chi connectivity index (χ2v) is 6.16. The minimum absolute atomic E-state index is 0.623. The number of hydrogen-bond acceptors (Lipinski definition) is 3. The Bertz CT molecular complexity index is 645. The Morgan fingerprint density at radius 3 is 2.23 bits per heavy atom. The van der Waals surface area contributed by atoms with E-state index in [1.807, 2.05) is 24.5 Å². The molecule has 1 aromatic carbocycles. The van der Waals surface area contributed by atoms with Crippen LogP contribution in [0.3, 0.4) is 0 Å². The average molecular weight is 291 g/mol. The molecule has 0 saturated heterocycles. The van der Waals surface area contributed by atoms with Gasteiger partial charge < -0.3 is 0 Å². The van der Waals surface area contributed by atoms with Crippen molar-refractivity contribution in [3.63, 3.8) is 0 Å². The molecule has 0 amide bonds. The summed E-state index contributed by atoms with van der Waals surface area (Å²) in [5, 5.41) is 8.83. The first-order valence-electron chi connectivity index (χ1n) is 8.12. The first kappa shape index (κ1) is 14.7. The van der Waals surface area contributed by atoms with E-state index in [-0.39, 0.29) is 0 Å². The van der Waals surface area contributed by atoms with Crippen molar-refractivity contribution in [2.75, 3.05) is 0 Å². The van der Waals surface area contributed by atoms with Crippen molar-refractivity contribution in [3.05, 3.63) is 47.8 Å². The molecular weight excluding hydrogens is 270 g/mol. The van der Waals surface area contributed by atoms with Gasteiger partial charge in [0.1, 0.15) is 0 Å². The van der Waals surface area contributed by atoms with Gasteiger partial charge in [-0.05, 0) is 67.3 Å². The molecule has 112 valence electrons. The molecular formula is C19H21N3. The van der Waals surface area contributed by atoms with Gasteiger partial charge in [-0.25, -0.2) is 9.97 Å². The molecule has 0 unspecified atom stereocenters. The zero-order chi connectivity index (χ0) is 15.4. The van der Waals surface area contributed by atoms with Crippen LogP contribution in [-0.2, 0) is 0 Å². The molecule has 0 atom stereocenters. The summed E-state index contributed by atoms with van der Waals surface area (Å²) in [5.74, 6) is 2.27. The molecule has 0 spiro atoms. The quantitative estimate of drug-likeness (QED) is 0.823.